The molecule has 0 saturated carbocycles. The number of nitrogens with zero attached hydrogens (tertiary/aromatic N) is 2. The minimum Gasteiger partial charge on any atom is -0.493 e. The molecule has 142 valence electrons. The first kappa shape index (κ1) is 19.5. The van der Waals surface area contributed by atoms with Gasteiger partial charge in [0.15, 0.2) is 17.3 Å². The fraction of sp³-hybridized carbons (Fsp3) is 0.0435. The minimum absolute atomic E-state index is 0.203. The Morgan fingerprint density at radius 3 is 2.48 bits per heavy atom. The van der Waals surface area contributed by atoms with E-state index in [0.717, 1.165) is 5.56 Å². The number of aromatic nitrogens is 1. The molecule has 0 atom stereocenters. The number of nitriles is 1. The quantitative estimate of drug-likeness (QED) is 0.275. The average molecular weight is 384 g/mol. The summed E-state index contributed by atoms with van der Waals surface area (Å²) >= 11 is 0. The van der Waals surface area contributed by atoms with Crippen LogP contribution in [0.3, 0.4) is 0 Å². The number of benzene rings is 2. The van der Waals surface area contributed by atoms with Gasteiger partial charge in [-0.3, -0.25) is 9.78 Å². The number of esters is 1. The third-order valence-electron chi connectivity index (χ3n) is 4.01. The smallest absolute Gasteiger partial charge is 0.345 e. The van der Waals surface area contributed by atoms with Crippen LogP contribution >= 0.6 is 0 Å². The Kier molecular flexibility index (Phi) is 6.13. The van der Waals surface area contributed by atoms with E-state index in [4.69, 9.17) is 14.7 Å². The third-order valence-corrected chi connectivity index (χ3v) is 4.01. The standard InChI is InChI=1S/C23H16N2O4/c1-28-22-13-18(20(26)10-8-16-4-6-17(14-24)7-5-16)9-11-21(22)29-23(27)19-3-2-12-25-15-19/h2-13,15H,1H3. The molecule has 0 bridgehead atoms. The highest BCUT2D eigenvalue weighted by Crippen LogP contribution is 2.29. The lowest BCUT2D eigenvalue weighted by molar-refractivity contribution is 0.0729. The highest BCUT2D eigenvalue weighted by molar-refractivity contribution is 6.07. The van der Waals surface area contributed by atoms with Gasteiger partial charge in [-0.1, -0.05) is 18.2 Å². The number of ketones is 1. The van der Waals surface area contributed by atoms with Crippen molar-refractivity contribution in [3.8, 4) is 17.6 Å². The second kappa shape index (κ2) is 9.11. The molecule has 0 radical (unpaired) electrons. The molecule has 0 aliphatic carbocycles. The van der Waals surface area contributed by atoms with Crippen LogP contribution in [0.4, 0.5) is 0 Å². The van der Waals surface area contributed by atoms with E-state index >= 15 is 0 Å². The van der Waals surface area contributed by atoms with E-state index in [9.17, 15) is 9.59 Å². The lowest BCUT2D eigenvalue weighted by atomic mass is 10.1. The average Bonchev–Trinajstić information content (AvgIpc) is 2.78. The summed E-state index contributed by atoms with van der Waals surface area (Å²) in [6, 6.07) is 16.7. The van der Waals surface area contributed by atoms with Gasteiger partial charge in [0, 0.05) is 18.0 Å². The zero-order valence-electron chi connectivity index (χ0n) is 15.5. The second-order valence-electron chi connectivity index (χ2n) is 5.93. The number of hydrogen-bond donors (Lipinski definition) is 0. The SMILES string of the molecule is COc1cc(C(=O)C=Cc2ccc(C#N)cc2)ccc1OC(=O)c1cccnc1. The normalized spacial score (nSPS) is 10.3. The summed E-state index contributed by atoms with van der Waals surface area (Å²) in [5.41, 5.74) is 2.04. The fourth-order valence-electron chi connectivity index (χ4n) is 2.48. The molecule has 0 N–H and O–H groups in total. The number of hydrogen-bond acceptors (Lipinski definition) is 6. The van der Waals surface area contributed by atoms with Crippen LogP contribution in [0.15, 0.2) is 73.1 Å². The fourth-order valence-corrected chi connectivity index (χ4v) is 2.48. The summed E-state index contributed by atoms with van der Waals surface area (Å²) < 4.78 is 10.6. The molecule has 0 aliphatic rings. The molecular weight excluding hydrogens is 368 g/mol. The lowest BCUT2D eigenvalue weighted by Crippen LogP contribution is -2.09. The maximum absolute atomic E-state index is 12.5. The Hall–Kier alpha value is -4.24. The van der Waals surface area contributed by atoms with E-state index < -0.39 is 5.97 Å². The second-order valence-corrected chi connectivity index (χ2v) is 5.93. The van der Waals surface area contributed by atoms with Crippen LogP contribution in [0, 0.1) is 11.3 Å². The number of carbonyl (C=O) groups excluding carboxylic acids is 2. The first-order chi connectivity index (χ1) is 14.1. The van der Waals surface area contributed by atoms with Gasteiger partial charge in [-0.05, 0) is 54.1 Å². The molecule has 1 aromatic heterocycles. The van der Waals surface area contributed by atoms with E-state index in [1.807, 2.05) is 6.07 Å². The number of ether oxygens (including phenoxy) is 2. The molecule has 0 aliphatic heterocycles. The van der Waals surface area contributed by atoms with Crippen LogP contribution in [0.2, 0.25) is 0 Å². The van der Waals surface area contributed by atoms with E-state index in [0.29, 0.717) is 16.7 Å². The Morgan fingerprint density at radius 1 is 1.03 bits per heavy atom. The first-order valence-electron chi connectivity index (χ1n) is 8.63. The third kappa shape index (κ3) is 4.93. The van der Waals surface area contributed by atoms with Gasteiger partial charge >= 0.3 is 5.97 Å². The predicted molar refractivity (Wildman–Crippen MR) is 107 cm³/mol. The molecule has 6 nitrogen and oxygen atoms in total. The summed E-state index contributed by atoms with van der Waals surface area (Å²) in [5, 5.41) is 8.82. The highest BCUT2D eigenvalue weighted by Gasteiger charge is 2.14. The number of pyridine rings is 1. The maximum atomic E-state index is 12.5. The van der Waals surface area contributed by atoms with Crippen molar-refractivity contribution in [2.24, 2.45) is 0 Å². The van der Waals surface area contributed by atoms with Gasteiger partial charge in [0.05, 0.1) is 24.3 Å². The molecule has 0 amide bonds. The Balaban J connectivity index is 1.75. The van der Waals surface area contributed by atoms with E-state index in [-0.39, 0.29) is 17.3 Å². The van der Waals surface area contributed by atoms with Crippen molar-refractivity contribution in [2.45, 2.75) is 0 Å². The van der Waals surface area contributed by atoms with Crippen molar-refractivity contribution in [3.63, 3.8) is 0 Å². The molecule has 0 fully saturated rings. The van der Waals surface area contributed by atoms with Gasteiger partial charge in [0.2, 0.25) is 0 Å². The molecule has 3 aromatic rings. The van der Waals surface area contributed by atoms with E-state index in [1.165, 1.54) is 31.5 Å². The van der Waals surface area contributed by atoms with Gasteiger partial charge in [0.25, 0.3) is 0 Å². The zero-order chi connectivity index (χ0) is 20.6. The van der Waals surface area contributed by atoms with Crippen molar-refractivity contribution in [2.75, 3.05) is 7.11 Å². The van der Waals surface area contributed by atoms with Crippen LogP contribution in [-0.4, -0.2) is 23.8 Å². The maximum Gasteiger partial charge on any atom is 0.345 e. The Morgan fingerprint density at radius 2 is 1.83 bits per heavy atom. The molecule has 1 heterocycles. The number of allylic oxidation sites excluding steroid dienone is 1. The molecule has 3 rings (SSSR count). The topological polar surface area (TPSA) is 89.3 Å². The van der Waals surface area contributed by atoms with E-state index in [1.54, 1.807) is 54.7 Å². The predicted octanol–water partition coefficient (Wildman–Crippen LogP) is 4.08. The largest absolute Gasteiger partial charge is 0.493 e. The molecule has 0 spiro atoms. The van der Waals surface area contributed by atoms with Crippen molar-refractivity contribution < 1.29 is 19.1 Å². The summed E-state index contributed by atoms with van der Waals surface area (Å²) in [5.74, 6) is -0.345. The van der Waals surface area contributed by atoms with Gasteiger partial charge in [-0.2, -0.15) is 5.26 Å². The molecule has 6 heteroatoms. The summed E-state index contributed by atoms with van der Waals surface area (Å²) in [6.07, 6.45) is 6.05. The van der Waals surface area contributed by atoms with Crippen molar-refractivity contribution in [3.05, 3.63) is 95.3 Å². The van der Waals surface area contributed by atoms with Gasteiger partial charge in [0.1, 0.15) is 0 Å². The summed E-state index contributed by atoms with van der Waals surface area (Å²) in [7, 11) is 1.43. The first-order valence-corrected chi connectivity index (χ1v) is 8.63. The molecular formula is C23H16N2O4. The van der Waals surface area contributed by atoms with Crippen LogP contribution in [0.1, 0.15) is 31.8 Å². The number of rotatable bonds is 6. The van der Waals surface area contributed by atoms with Crippen LogP contribution in [0.25, 0.3) is 6.08 Å². The van der Waals surface area contributed by atoms with Crippen LogP contribution in [-0.2, 0) is 0 Å². The molecule has 0 saturated heterocycles. The molecule has 0 unspecified atom stereocenters. The molecule has 29 heavy (non-hydrogen) atoms. The van der Waals surface area contributed by atoms with Crippen LogP contribution in [0.5, 0.6) is 11.5 Å². The Labute approximate surface area is 167 Å². The zero-order valence-corrected chi connectivity index (χ0v) is 15.5. The Bertz CT molecular complexity index is 1100. The van der Waals surface area contributed by atoms with Gasteiger partial charge < -0.3 is 9.47 Å². The van der Waals surface area contributed by atoms with Gasteiger partial charge in [-0.15, -0.1) is 0 Å². The van der Waals surface area contributed by atoms with Crippen molar-refractivity contribution in [1.82, 2.24) is 4.98 Å². The number of carbonyl (C=O) groups is 2. The van der Waals surface area contributed by atoms with Gasteiger partial charge in [-0.25, -0.2) is 4.79 Å². The lowest BCUT2D eigenvalue weighted by Gasteiger charge is -2.10. The van der Waals surface area contributed by atoms with E-state index in [2.05, 4.69) is 4.98 Å². The number of methoxy groups -OCH3 is 1. The summed E-state index contributed by atoms with van der Waals surface area (Å²) in [4.78, 5) is 28.5. The minimum atomic E-state index is -0.573. The monoisotopic (exact) mass is 384 g/mol. The van der Waals surface area contributed by atoms with Crippen LogP contribution < -0.4 is 9.47 Å². The summed E-state index contributed by atoms with van der Waals surface area (Å²) in [6.45, 7) is 0. The molecule has 2 aromatic carbocycles. The van der Waals surface area contributed by atoms with Crippen molar-refractivity contribution >= 4 is 17.8 Å². The highest BCUT2D eigenvalue weighted by atomic mass is 16.6. The van der Waals surface area contributed by atoms with Crippen molar-refractivity contribution in [1.29, 1.82) is 5.26 Å².